The van der Waals surface area contributed by atoms with E-state index in [1.54, 1.807) is 17.8 Å². The minimum absolute atomic E-state index is 0.215. The van der Waals surface area contributed by atoms with Gasteiger partial charge in [-0.2, -0.15) is 0 Å². The first kappa shape index (κ1) is 23.3. The maximum Gasteiger partial charge on any atom is 0.146 e. The van der Waals surface area contributed by atoms with Crippen molar-refractivity contribution >= 4 is 33.7 Å². The minimum atomic E-state index is 0.215. The minimum Gasteiger partial charge on any atom is -0.506 e. The molecule has 5 heteroatoms. The average molecular weight is 522 g/mol. The van der Waals surface area contributed by atoms with E-state index in [2.05, 4.69) is 71.7 Å². The molecule has 0 spiro atoms. The molecule has 0 bridgehead atoms. The number of benzene rings is 4. The van der Waals surface area contributed by atoms with Crippen LogP contribution in [0.4, 0.5) is 0 Å². The fourth-order valence-electron chi connectivity index (χ4n) is 5.03. The van der Waals surface area contributed by atoms with E-state index in [0.29, 0.717) is 5.69 Å². The summed E-state index contributed by atoms with van der Waals surface area (Å²) >= 11 is 1.64. The number of aromatic hydroxyl groups is 1. The Morgan fingerprint density at radius 3 is 2.23 bits per heavy atom. The van der Waals surface area contributed by atoms with Crippen LogP contribution in [0.15, 0.2) is 144 Å². The summed E-state index contributed by atoms with van der Waals surface area (Å²) < 4.78 is 2.05. The number of para-hydroxylation sites is 3. The Kier molecular flexibility index (Phi) is 5.83. The van der Waals surface area contributed by atoms with Crippen LogP contribution < -0.4 is 0 Å². The van der Waals surface area contributed by atoms with Gasteiger partial charge < -0.3 is 5.11 Å². The topological polar surface area (TPSA) is 50.9 Å². The average Bonchev–Trinajstić information content (AvgIpc) is 3.32. The second-order valence-corrected chi connectivity index (χ2v) is 10.4. The molecule has 0 saturated carbocycles. The Bertz CT molecular complexity index is 1950. The molecule has 7 aromatic rings. The van der Waals surface area contributed by atoms with Crippen LogP contribution >= 0.6 is 11.8 Å². The highest BCUT2D eigenvalue weighted by molar-refractivity contribution is 7.99. The quantitative estimate of drug-likeness (QED) is 0.246. The van der Waals surface area contributed by atoms with Crippen LogP contribution in [0.2, 0.25) is 0 Å². The molecule has 0 saturated heterocycles. The van der Waals surface area contributed by atoms with Gasteiger partial charge in [0.05, 0.1) is 16.9 Å². The highest BCUT2D eigenvalue weighted by Crippen LogP contribution is 2.38. The number of phenolic OH excluding ortho intramolecular Hbond substituents is 1. The molecule has 7 rings (SSSR count). The Morgan fingerprint density at radius 1 is 0.615 bits per heavy atom. The molecule has 3 aromatic heterocycles. The third kappa shape index (κ3) is 4.33. The third-order valence-electron chi connectivity index (χ3n) is 6.81. The van der Waals surface area contributed by atoms with Gasteiger partial charge in [0.25, 0.3) is 0 Å². The first-order valence-corrected chi connectivity index (χ1v) is 13.5. The smallest absolute Gasteiger partial charge is 0.146 e. The lowest BCUT2D eigenvalue weighted by Gasteiger charge is -2.12. The van der Waals surface area contributed by atoms with Crippen molar-refractivity contribution in [2.24, 2.45) is 0 Å². The summed E-state index contributed by atoms with van der Waals surface area (Å²) in [6.45, 7) is 0. The Balaban J connectivity index is 1.45. The summed E-state index contributed by atoms with van der Waals surface area (Å²) in [5, 5.41) is 13.8. The molecule has 4 aromatic carbocycles. The van der Waals surface area contributed by atoms with E-state index >= 15 is 0 Å². The fourth-order valence-corrected chi connectivity index (χ4v) is 5.90. The Labute approximate surface area is 230 Å². The standard InChI is InChI=1S/C34H23N3OS/c38-32-15-7-6-14-31(32)37-30-13-5-4-12-27(30)28-17-18-29(36-34(28)37)25-20-24(23-10-2-1-3-11-23)21-26(22-25)39-33-16-8-9-19-35-33/h1-22,38H. The molecule has 0 aliphatic rings. The monoisotopic (exact) mass is 521 g/mol. The van der Waals surface area contributed by atoms with Crippen LogP contribution in [-0.4, -0.2) is 19.6 Å². The molecule has 0 amide bonds. The first-order valence-electron chi connectivity index (χ1n) is 12.7. The lowest BCUT2D eigenvalue weighted by Crippen LogP contribution is -1.97. The number of hydrogen-bond acceptors (Lipinski definition) is 4. The summed E-state index contributed by atoms with van der Waals surface area (Å²) in [5.41, 5.74) is 6.66. The van der Waals surface area contributed by atoms with Gasteiger partial charge in [0.15, 0.2) is 0 Å². The van der Waals surface area contributed by atoms with E-state index < -0.39 is 0 Å². The lowest BCUT2D eigenvalue weighted by atomic mass is 10.0. The van der Waals surface area contributed by atoms with Gasteiger partial charge in [-0.15, -0.1) is 0 Å². The van der Waals surface area contributed by atoms with Crippen molar-refractivity contribution in [2.75, 3.05) is 0 Å². The van der Waals surface area contributed by atoms with Crippen LogP contribution in [0.25, 0.3) is 50.0 Å². The van der Waals surface area contributed by atoms with Crippen LogP contribution in [0, 0.1) is 0 Å². The van der Waals surface area contributed by atoms with Crippen molar-refractivity contribution < 1.29 is 5.11 Å². The van der Waals surface area contributed by atoms with Gasteiger partial charge in [0.1, 0.15) is 16.4 Å². The van der Waals surface area contributed by atoms with Gasteiger partial charge in [0.2, 0.25) is 0 Å². The van der Waals surface area contributed by atoms with Gasteiger partial charge in [-0.25, -0.2) is 9.97 Å². The van der Waals surface area contributed by atoms with E-state index in [4.69, 9.17) is 4.98 Å². The molecule has 1 N–H and O–H groups in total. The summed E-state index contributed by atoms with van der Waals surface area (Å²) in [5.74, 6) is 0.215. The van der Waals surface area contributed by atoms with Crippen molar-refractivity contribution in [1.29, 1.82) is 0 Å². The number of hydrogen-bond donors (Lipinski definition) is 1. The fraction of sp³-hybridized carbons (Fsp3) is 0. The van der Waals surface area contributed by atoms with Crippen LogP contribution in [-0.2, 0) is 0 Å². The van der Waals surface area contributed by atoms with E-state index in [9.17, 15) is 5.11 Å². The summed E-state index contributed by atoms with van der Waals surface area (Å²) in [7, 11) is 0. The molecule has 0 unspecified atom stereocenters. The highest BCUT2D eigenvalue weighted by atomic mass is 32.2. The molecule has 0 radical (unpaired) electrons. The highest BCUT2D eigenvalue weighted by Gasteiger charge is 2.17. The van der Waals surface area contributed by atoms with E-state index in [1.807, 2.05) is 65.4 Å². The number of phenols is 1. The van der Waals surface area contributed by atoms with Crippen molar-refractivity contribution in [1.82, 2.24) is 14.5 Å². The zero-order valence-corrected chi connectivity index (χ0v) is 21.7. The molecule has 0 fully saturated rings. The van der Waals surface area contributed by atoms with Gasteiger partial charge >= 0.3 is 0 Å². The SMILES string of the molecule is Oc1ccccc1-n1c2ccccc2c2ccc(-c3cc(Sc4ccccn4)cc(-c4ccccc4)c3)nc21. The van der Waals surface area contributed by atoms with Crippen molar-refractivity contribution in [3.05, 3.63) is 134 Å². The second-order valence-electron chi connectivity index (χ2n) is 9.29. The van der Waals surface area contributed by atoms with E-state index in [0.717, 1.165) is 54.2 Å². The Morgan fingerprint density at radius 2 is 1.38 bits per heavy atom. The predicted molar refractivity (Wildman–Crippen MR) is 159 cm³/mol. The molecule has 0 aliphatic carbocycles. The van der Waals surface area contributed by atoms with Crippen LogP contribution in [0.1, 0.15) is 0 Å². The number of nitrogens with zero attached hydrogens (tertiary/aromatic N) is 3. The maximum atomic E-state index is 10.8. The number of aromatic nitrogens is 3. The summed E-state index contributed by atoms with van der Waals surface area (Å²) in [6, 6.07) is 42.8. The van der Waals surface area contributed by atoms with Gasteiger partial charge in [-0.3, -0.25) is 4.57 Å². The predicted octanol–water partition coefficient (Wildman–Crippen LogP) is 8.76. The van der Waals surface area contributed by atoms with Gasteiger partial charge in [0, 0.05) is 27.4 Å². The maximum absolute atomic E-state index is 10.8. The van der Waals surface area contributed by atoms with Crippen molar-refractivity contribution in [3.63, 3.8) is 0 Å². The molecular formula is C34H23N3OS. The molecule has 4 nitrogen and oxygen atoms in total. The van der Waals surface area contributed by atoms with Crippen molar-refractivity contribution in [3.8, 4) is 33.8 Å². The lowest BCUT2D eigenvalue weighted by molar-refractivity contribution is 0.473. The van der Waals surface area contributed by atoms with Crippen LogP contribution in [0.3, 0.4) is 0 Å². The number of rotatable bonds is 5. The molecule has 0 atom stereocenters. The Hall–Kier alpha value is -4.87. The zero-order chi connectivity index (χ0) is 26.2. The molecule has 39 heavy (non-hydrogen) atoms. The van der Waals surface area contributed by atoms with Gasteiger partial charge in [-0.1, -0.05) is 78.5 Å². The molecular weight excluding hydrogens is 498 g/mol. The molecule has 3 heterocycles. The zero-order valence-electron chi connectivity index (χ0n) is 20.9. The van der Waals surface area contributed by atoms with Gasteiger partial charge in [-0.05, 0) is 71.8 Å². The summed E-state index contributed by atoms with van der Waals surface area (Å²) in [6.07, 6.45) is 1.82. The van der Waals surface area contributed by atoms with Crippen molar-refractivity contribution in [2.45, 2.75) is 9.92 Å². The number of fused-ring (bicyclic) bond motifs is 3. The van der Waals surface area contributed by atoms with E-state index in [-0.39, 0.29) is 5.75 Å². The summed E-state index contributed by atoms with van der Waals surface area (Å²) in [4.78, 5) is 10.8. The third-order valence-corrected chi connectivity index (χ3v) is 7.74. The van der Waals surface area contributed by atoms with Crippen LogP contribution in [0.5, 0.6) is 5.75 Å². The first-order chi connectivity index (χ1) is 19.2. The molecule has 0 aliphatic heterocycles. The van der Waals surface area contributed by atoms with E-state index in [1.165, 1.54) is 0 Å². The molecule has 186 valence electrons. The normalized spacial score (nSPS) is 11.3. The number of pyridine rings is 2. The largest absolute Gasteiger partial charge is 0.506 e. The second kappa shape index (κ2) is 9.78.